The molecule has 3 aromatic rings. The molecule has 0 amide bonds. The van der Waals surface area contributed by atoms with Crippen LogP contribution in [0, 0.1) is 5.21 Å². The Morgan fingerprint density at radius 2 is 1.38 bits per heavy atom. The van der Waals surface area contributed by atoms with E-state index in [1.54, 1.807) is 0 Å². The Bertz CT molecular complexity index is 946. The van der Waals surface area contributed by atoms with Gasteiger partial charge in [0.25, 0.3) is 0 Å². The predicted molar refractivity (Wildman–Crippen MR) is 128 cm³/mol. The van der Waals surface area contributed by atoms with E-state index in [1.807, 2.05) is 91.0 Å². The Balaban J connectivity index is 0.00000245. The molecule has 0 N–H and O–H groups in total. The summed E-state index contributed by atoms with van der Waals surface area (Å²) in [5, 5.41) is 14.1. The standard InChI is InChI=1S/C27H29NO3.ClH/c29-28(20-22-12-4-1-5-13-22)19-11-10-18-25(28)26-21-30-27(31-26,23-14-6-2-7-15-23)24-16-8-3-9-17-24;/h1-9,12-17,25-26H,10-11,18-21H2;1H. The van der Waals surface area contributed by atoms with E-state index in [1.165, 1.54) is 0 Å². The van der Waals surface area contributed by atoms with Gasteiger partial charge in [0, 0.05) is 23.1 Å². The van der Waals surface area contributed by atoms with E-state index in [-0.39, 0.29) is 29.2 Å². The highest BCUT2D eigenvalue weighted by molar-refractivity contribution is 5.85. The number of hydroxylamine groups is 3. The van der Waals surface area contributed by atoms with Crippen LogP contribution >= 0.6 is 12.4 Å². The molecular weight excluding hydrogens is 422 g/mol. The van der Waals surface area contributed by atoms with Crippen molar-refractivity contribution < 1.29 is 14.1 Å². The van der Waals surface area contributed by atoms with Crippen LogP contribution in [0.15, 0.2) is 91.0 Å². The minimum Gasteiger partial charge on any atom is -0.632 e. The van der Waals surface area contributed by atoms with Gasteiger partial charge in [-0.3, -0.25) is 0 Å². The number of rotatable bonds is 5. The van der Waals surface area contributed by atoms with Crippen LogP contribution in [0.5, 0.6) is 0 Å². The average Bonchev–Trinajstić information content (AvgIpc) is 3.27. The maximum absolute atomic E-state index is 14.1. The summed E-state index contributed by atoms with van der Waals surface area (Å²) in [6, 6.07) is 30.1. The molecule has 2 heterocycles. The van der Waals surface area contributed by atoms with E-state index < -0.39 is 5.79 Å². The molecule has 0 aromatic heterocycles. The van der Waals surface area contributed by atoms with E-state index >= 15 is 0 Å². The molecule has 2 fully saturated rings. The number of hydrogen-bond acceptors (Lipinski definition) is 3. The van der Waals surface area contributed by atoms with Gasteiger partial charge in [0.2, 0.25) is 5.79 Å². The van der Waals surface area contributed by atoms with Gasteiger partial charge in [-0.05, 0) is 12.8 Å². The van der Waals surface area contributed by atoms with Crippen LogP contribution in [-0.4, -0.2) is 29.9 Å². The third-order valence-electron chi connectivity index (χ3n) is 6.69. The predicted octanol–water partition coefficient (Wildman–Crippen LogP) is 5.79. The first-order valence-electron chi connectivity index (χ1n) is 11.2. The summed E-state index contributed by atoms with van der Waals surface area (Å²) in [5.41, 5.74) is 3.01. The van der Waals surface area contributed by atoms with E-state index in [0.717, 1.165) is 36.0 Å². The second kappa shape index (κ2) is 9.74. The van der Waals surface area contributed by atoms with Gasteiger partial charge in [0.05, 0.1) is 13.2 Å². The smallest absolute Gasteiger partial charge is 0.223 e. The number of likely N-dealkylation sites (tertiary alicyclic amines) is 1. The van der Waals surface area contributed by atoms with Crippen LogP contribution in [0.3, 0.4) is 0 Å². The fraction of sp³-hybridized carbons (Fsp3) is 0.333. The second-order valence-corrected chi connectivity index (χ2v) is 8.70. The van der Waals surface area contributed by atoms with Crippen molar-refractivity contribution in [1.82, 2.24) is 0 Å². The summed E-state index contributed by atoms with van der Waals surface area (Å²) in [6.07, 6.45) is 2.64. The fourth-order valence-corrected chi connectivity index (χ4v) is 5.17. The van der Waals surface area contributed by atoms with Gasteiger partial charge in [-0.1, -0.05) is 91.0 Å². The van der Waals surface area contributed by atoms with Gasteiger partial charge in [0.1, 0.15) is 18.7 Å². The summed E-state index contributed by atoms with van der Waals surface area (Å²) in [7, 11) is 0. The zero-order valence-electron chi connectivity index (χ0n) is 18.1. The van der Waals surface area contributed by atoms with Crippen molar-refractivity contribution in [3.05, 3.63) is 113 Å². The van der Waals surface area contributed by atoms with Crippen LogP contribution in [0.25, 0.3) is 0 Å². The lowest BCUT2D eigenvalue weighted by atomic mass is 9.95. The monoisotopic (exact) mass is 451 g/mol. The largest absolute Gasteiger partial charge is 0.632 e. The number of piperidine rings is 1. The molecule has 3 aromatic carbocycles. The van der Waals surface area contributed by atoms with Crippen LogP contribution in [0.1, 0.15) is 36.0 Å². The molecule has 3 unspecified atom stereocenters. The lowest BCUT2D eigenvalue weighted by Gasteiger charge is -2.53. The molecule has 2 aliphatic rings. The van der Waals surface area contributed by atoms with Gasteiger partial charge < -0.3 is 19.3 Å². The van der Waals surface area contributed by atoms with E-state index in [0.29, 0.717) is 19.7 Å². The lowest BCUT2D eigenvalue weighted by Crippen LogP contribution is -2.58. The third-order valence-corrected chi connectivity index (χ3v) is 6.69. The molecule has 0 radical (unpaired) electrons. The molecule has 0 saturated carbocycles. The number of halogens is 1. The van der Waals surface area contributed by atoms with Gasteiger partial charge >= 0.3 is 0 Å². The summed E-state index contributed by atoms with van der Waals surface area (Å²) in [4.78, 5) is 0. The average molecular weight is 452 g/mol. The minimum atomic E-state index is -0.970. The molecule has 32 heavy (non-hydrogen) atoms. The third kappa shape index (κ3) is 4.34. The SMILES string of the molecule is Cl.[O-][N+]1(Cc2ccccc2)CCCCC1C1COC(c2ccccc2)(c2ccccc2)O1. The van der Waals surface area contributed by atoms with Crippen molar-refractivity contribution in [2.75, 3.05) is 13.2 Å². The molecule has 168 valence electrons. The van der Waals surface area contributed by atoms with Gasteiger partial charge in [-0.25, -0.2) is 0 Å². The Morgan fingerprint density at radius 1 is 0.812 bits per heavy atom. The van der Waals surface area contributed by atoms with Gasteiger partial charge in [0.15, 0.2) is 0 Å². The Morgan fingerprint density at radius 3 is 1.97 bits per heavy atom. The summed E-state index contributed by atoms with van der Waals surface area (Å²) < 4.78 is 13.0. The molecule has 5 heteroatoms. The first-order chi connectivity index (χ1) is 15.2. The molecule has 0 spiro atoms. The highest BCUT2D eigenvalue weighted by atomic mass is 35.5. The van der Waals surface area contributed by atoms with Crippen LogP contribution in [-0.2, 0) is 21.8 Å². The first kappa shape index (κ1) is 23.0. The number of benzene rings is 3. The number of quaternary nitrogens is 1. The Hall–Kier alpha value is -2.21. The topological polar surface area (TPSA) is 41.5 Å². The number of ether oxygens (including phenoxy) is 2. The number of nitrogens with zero attached hydrogens (tertiary/aromatic N) is 1. The highest BCUT2D eigenvalue weighted by Crippen LogP contribution is 2.44. The van der Waals surface area contributed by atoms with Crippen molar-refractivity contribution >= 4 is 12.4 Å². The maximum atomic E-state index is 14.1. The van der Waals surface area contributed by atoms with Crippen molar-refractivity contribution in [2.45, 2.75) is 43.7 Å². The summed E-state index contributed by atoms with van der Waals surface area (Å²) in [5.74, 6) is -0.970. The summed E-state index contributed by atoms with van der Waals surface area (Å²) >= 11 is 0. The molecule has 2 saturated heterocycles. The lowest BCUT2D eigenvalue weighted by molar-refractivity contribution is -0.926. The highest BCUT2D eigenvalue weighted by Gasteiger charge is 2.51. The summed E-state index contributed by atoms with van der Waals surface area (Å²) in [6.45, 7) is 1.53. The zero-order valence-corrected chi connectivity index (χ0v) is 19.0. The second-order valence-electron chi connectivity index (χ2n) is 8.70. The maximum Gasteiger partial charge on any atom is 0.223 e. The molecule has 0 bridgehead atoms. The minimum absolute atomic E-state index is 0. The normalized spacial score (nSPS) is 26.9. The zero-order chi connectivity index (χ0) is 21.2. The Kier molecular flexibility index (Phi) is 6.99. The quantitative estimate of drug-likeness (QED) is 0.364. The van der Waals surface area contributed by atoms with Crippen molar-refractivity contribution in [2.24, 2.45) is 0 Å². The Labute approximate surface area is 196 Å². The van der Waals surface area contributed by atoms with Crippen molar-refractivity contribution in [1.29, 1.82) is 0 Å². The molecule has 0 aliphatic carbocycles. The van der Waals surface area contributed by atoms with Crippen molar-refractivity contribution in [3.63, 3.8) is 0 Å². The molecular formula is C27H30ClNO3. The van der Waals surface area contributed by atoms with E-state index in [9.17, 15) is 5.21 Å². The van der Waals surface area contributed by atoms with Gasteiger partial charge in [-0.15, -0.1) is 12.4 Å². The molecule has 3 atom stereocenters. The van der Waals surface area contributed by atoms with Crippen LogP contribution < -0.4 is 0 Å². The van der Waals surface area contributed by atoms with E-state index in [4.69, 9.17) is 9.47 Å². The van der Waals surface area contributed by atoms with E-state index in [2.05, 4.69) is 0 Å². The van der Waals surface area contributed by atoms with Crippen LogP contribution in [0.4, 0.5) is 0 Å². The van der Waals surface area contributed by atoms with Crippen molar-refractivity contribution in [3.8, 4) is 0 Å². The first-order valence-corrected chi connectivity index (χ1v) is 11.2. The molecule has 2 aliphatic heterocycles. The fourth-order valence-electron chi connectivity index (χ4n) is 5.17. The van der Waals surface area contributed by atoms with Gasteiger partial charge in [-0.2, -0.15) is 0 Å². The molecule has 4 nitrogen and oxygen atoms in total. The molecule has 5 rings (SSSR count). The number of hydrogen-bond donors (Lipinski definition) is 0. The van der Waals surface area contributed by atoms with Crippen LogP contribution in [0.2, 0.25) is 0 Å².